The summed E-state index contributed by atoms with van der Waals surface area (Å²) in [6.45, 7) is 0.937. The van der Waals surface area contributed by atoms with Gasteiger partial charge in [0.1, 0.15) is 17.6 Å². The zero-order valence-electron chi connectivity index (χ0n) is 17.4. The number of ether oxygens (including phenoxy) is 1. The SMILES string of the molecule is N[C@H]1COCCC/C=C\[C@@H]2C[C@@]2(C(=O)NS(=O)(=O)C2CC2)NC(=O)[C@@H]2CCCN2C1=O. The summed E-state index contributed by atoms with van der Waals surface area (Å²) >= 11 is 0. The van der Waals surface area contributed by atoms with Crippen LogP contribution in [-0.4, -0.2) is 73.7 Å². The highest BCUT2D eigenvalue weighted by atomic mass is 32.2. The molecule has 0 aromatic carbocycles. The first-order chi connectivity index (χ1) is 14.7. The quantitative estimate of drug-likeness (QED) is 0.471. The molecule has 2 heterocycles. The monoisotopic (exact) mass is 454 g/mol. The van der Waals surface area contributed by atoms with E-state index < -0.39 is 44.7 Å². The third kappa shape index (κ3) is 4.63. The van der Waals surface area contributed by atoms with Crippen molar-refractivity contribution in [1.29, 1.82) is 0 Å². The van der Waals surface area contributed by atoms with E-state index in [1.54, 1.807) is 0 Å². The standard InChI is InChI=1S/C20H30N4O6S/c21-15-12-30-10-3-1-2-5-13-11-20(13,19(27)23-31(28,29)14-7-8-14)22-17(25)16-6-4-9-24(16)18(15)26/h2,5,13-16H,1,3-4,6-12,21H2,(H,22,25)(H,23,27)/b5-2-/t13-,15+,16+,20-/m1/s1. The molecule has 1 saturated heterocycles. The van der Waals surface area contributed by atoms with Gasteiger partial charge in [0.2, 0.25) is 21.8 Å². The Hall–Kier alpha value is -1.98. The normalized spacial score (nSPS) is 35.8. The van der Waals surface area contributed by atoms with Crippen molar-refractivity contribution >= 4 is 27.7 Å². The van der Waals surface area contributed by atoms with Gasteiger partial charge in [-0.3, -0.25) is 19.1 Å². The summed E-state index contributed by atoms with van der Waals surface area (Å²) in [6, 6.07) is -1.60. The number of rotatable bonds is 3. The van der Waals surface area contributed by atoms with Gasteiger partial charge >= 0.3 is 0 Å². The molecule has 0 unspecified atom stereocenters. The molecule has 3 fully saturated rings. The lowest BCUT2D eigenvalue weighted by Gasteiger charge is -2.28. The van der Waals surface area contributed by atoms with Crippen LogP contribution in [0.1, 0.15) is 44.9 Å². The summed E-state index contributed by atoms with van der Waals surface area (Å²) in [6.07, 6.45) is 7.68. The van der Waals surface area contributed by atoms with Gasteiger partial charge in [0.15, 0.2) is 0 Å². The van der Waals surface area contributed by atoms with Crippen molar-refractivity contribution in [3.63, 3.8) is 0 Å². The lowest BCUT2D eigenvalue weighted by Crippen LogP contribution is -2.58. The van der Waals surface area contributed by atoms with E-state index >= 15 is 0 Å². The number of amides is 3. The molecule has 0 spiro atoms. The summed E-state index contributed by atoms with van der Waals surface area (Å²) in [7, 11) is -3.74. The molecule has 10 nitrogen and oxygen atoms in total. The van der Waals surface area contributed by atoms with Crippen LogP contribution in [0.15, 0.2) is 12.2 Å². The molecule has 11 heteroatoms. The van der Waals surface area contributed by atoms with Crippen molar-refractivity contribution in [3.05, 3.63) is 12.2 Å². The fraction of sp³-hybridized carbons (Fsp3) is 0.750. The molecule has 31 heavy (non-hydrogen) atoms. The molecule has 4 N–H and O–H groups in total. The fourth-order valence-corrected chi connectivity index (χ4v) is 5.69. The van der Waals surface area contributed by atoms with Gasteiger partial charge in [-0.1, -0.05) is 12.2 Å². The average Bonchev–Trinajstić information content (AvgIpc) is 3.63. The van der Waals surface area contributed by atoms with Crippen LogP contribution in [0, 0.1) is 5.92 Å². The first-order valence-corrected chi connectivity index (χ1v) is 12.5. The minimum absolute atomic E-state index is 0.0847. The number of hydrogen-bond donors (Lipinski definition) is 3. The number of nitrogens with one attached hydrogen (secondary N) is 2. The van der Waals surface area contributed by atoms with E-state index in [4.69, 9.17) is 10.5 Å². The van der Waals surface area contributed by atoms with Crippen molar-refractivity contribution in [2.75, 3.05) is 19.8 Å². The van der Waals surface area contributed by atoms with E-state index in [-0.39, 0.29) is 18.4 Å². The molecule has 4 atom stereocenters. The van der Waals surface area contributed by atoms with Gasteiger partial charge in [-0.05, 0) is 44.9 Å². The molecule has 0 bridgehead atoms. The van der Waals surface area contributed by atoms with Crippen LogP contribution in [0.3, 0.4) is 0 Å². The minimum Gasteiger partial charge on any atom is -0.379 e. The number of hydrogen-bond acceptors (Lipinski definition) is 7. The largest absolute Gasteiger partial charge is 0.379 e. The van der Waals surface area contributed by atoms with Crippen molar-refractivity contribution in [3.8, 4) is 0 Å². The first-order valence-electron chi connectivity index (χ1n) is 10.9. The van der Waals surface area contributed by atoms with E-state index in [9.17, 15) is 22.8 Å². The average molecular weight is 455 g/mol. The number of carbonyl (C=O) groups excluding carboxylic acids is 3. The highest BCUT2D eigenvalue weighted by molar-refractivity contribution is 7.91. The second kappa shape index (κ2) is 8.51. The van der Waals surface area contributed by atoms with Gasteiger partial charge < -0.3 is 20.7 Å². The highest BCUT2D eigenvalue weighted by Gasteiger charge is 2.61. The maximum Gasteiger partial charge on any atom is 0.259 e. The zero-order chi connectivity index (χ0) is 22.2. The van der Waals surface area contributed by atoms with E-state index in [2.05, 4.69) is 10.0 Å². The van der Waals surface area contributed by atoms with Crippen LogP contribution >= 0.6 is 0 Å². The molecule has 2 saturated carbocycles. The molecule has 0 aromatic heterocycles. The Bertz CT molecular complexity index is 886. The third-order valence-corrected chi connectivity index (χ3v) is 8.26. The Labute approximate surface area is 182 Å². The van der Waals surface area contributed by atoms with Crippen LogP contribution in [0.4, 0.5) is 0 Å². The Morgan fingerprint density at radius 1 is 1.26 bits per heavy atom. The van der Waals surface area contributed by atoms with Crippen LogP contribution in [-0.2, 0) is 29.1 Å². The Morgan fingerprint density at radius 2 is 2.03 bits per heavy atom. The van der Waals surface area contributed by atoms with Crippen molar-refractivity contribution < 1.29 is 27.5 Å². The maximum absolute atomic E-state index is 13.1. The summed E-state index contributed by atoms with van der Waals surface area (Å²) in [4.78, 5) is 40.3. The number of fused-ring (bicyclic) bond motifs is 2. The molecule has 0 aromatic rings. The second-order valence-corrected chi connectivity index (χ2v) is 10.8. The van der Waals surface area contributed by atoms with Gasteiger partial charge in [0.05, 0.1) is 11.9 Å². The van der Waals surface area contributed by atoms with E-state index in [1.807, 2.05) is 12.2 Å². The molecule has 172 valence electrons. The maximum atomic E-state index is 13.1. The lowest BCUT2D eigenvalue weighted by atomic mass is 10.1. The van der Waals surface area contributed by atoms with Crippen LogP contribution in [0.5, 0.6) is 0 Å². The predicted molar refractivity (Wildman–Crippen MR) is 111 cm³/mol. The summed E-state index contributed by atoms with van der Waals surface area (Å²) in [5, 5.41) is 2.25. The summed E-state index contributed by atoms with van der Waals surface area (Å²) in [5.74, 6) is -1.82. The fourth-order valence-electron chi connectivity index (χ4n) is 4.33. The topological polar surface area (TPSA) is 148 Å². The van der Waals surface area contributed by atoms with Gasteiger partial charge in [-0.2, -0.15) is 0 Å². The van der Waals surface area contributed by atoms with Gasteiger partial charge in [0, 0.05) is 19.1 Å². The highest BCUT2D eigenvalue weighted by Crippen LogP contribution is 2.46. The lowest BCUT2D eigenvalue weighted by molar-refractivity contribution is -0.141. The number of nitrogens with two attached hydrogens (primary N) is 1. The molecular formula is C20H30N4O6S. The molecule has 2 aliphatic carbocycles. The number of sulfonamides is 1. The first kappa shape index (κ1) is 22.2. The Morgan fingerprint density at radius 3 is 2.77 bits per heavy atom. The minimum atomic E-state index is -3.74. The van der Waals surface area contributed by atoms with Crippen molar-refractivity contribution in [2.45, 2.75) is 67.8 Å². The predicted octanol–water partition coefficient (Wildman–Crippen LogP) is -0.845. The molecular weight excluding hydrogens is 424 g/mol. The van der Waals surface area contributed by atoms with Gasteiger partial charge in [-0.15, -0.1) is 0 Å². The zero-order valence-corrected chi connectivity index (χ0v) is 18.2. The van der Waals surface area contributed by atoms with Gasteiger partial charge in [0.25, 0.3) is 5.91 Å². The van der Waals surface area contributed by atoms with Crippen LogP contribution in [0.25, 0.3) is 0 Å². The summed E-state index contributed by atoms with van der Waals surface area (Å²) < 4.78 is 32.3. The Balaban J connectivity index is 1.56. The Kier molecular flexibility index (Phi) is 6.10. The van der Waals surface area contributed by atoms with E-state index in [1.165, 1.54) is 4.90 Å². The van der Waals surface area contributed by atoms with Crippen molar-refractivity contribution in [1.82, 2.24) is 14.9 Å². The number of carbonyl (C=O) groups is 3. The van der Waals surface area contributed by atoms with E-state index in [0.717, 1.165) is 6.42 Å². The summed E-state index contributed by atoms with van der Waals surface area (Å²) in [5.41, 5.74) is 4.67. The number of nitrogens with zero attached hydrogens (tertiary/aromatic N) is 1. The third-order valence-electron chi connectivity index (χ3n) is 6.45. The molecule has 3 amide bonds. The molecule has 0 radical (unpaired) electrons. The smallest absolute Gasteiger partial charge is 0.259 e. The van der Waals surface area contributed by atoms with Crippen LogP contribution < -0.4 is 15.8 Å². The van der Waals surface area contributed by atoms with E-state index in [0.29, 0.717) is 51.7 Å². The molecule has 4 rings (SSSR count). The van der Waals surface area contributed by atoms with Crippen LogP contribution in [0.2, 0.25) is 0 Å². The molecule has 4 aliphatic rings. The number of allylic oxidation sites excluding steroid dienone is 1. The second-order valence-electron chi connectivity index (χ2n) is 8.89. The molecule has 2 aliphatic heterocycles. The van der Waals surface area contributed by atoms with Gasteiger partial charge in [-0.25, -0.2) is 8.42 Å². The van der Waals surface area contributed by atoms with Crippen molar-refractivity contribution in [2.24, 2.45) is 11.7 Å².